The van der Waals surface area contributed by atoms with Crippen molar-refractivity contribution in [3.05, 3.63) is 24.3 Å². The fraction of sp³-hybridized carbons (Fsp3) is 0.273. The van der Waals surface area contributed by atoms with Crippen molar-refractivity contribution >= 4 is 23.9 Å². The molecule has 0 heterocycles. The quantitative estimate of drug-likeness (QED) is 0.479. The summed E-state index contributed by atoms with van der Waals surface area (Å²) in [5, 5.41) is 16.5. The second-order valence-electron chi connectivity index (χ2n) is 3.22. The highest BCUT2D eigenvalue weighted by Gasteiger charge is 2.09. The Morgan fingerprint density at radius 3 is 1.89 bits per heavy atom. The van der Waals surface area contributed by atoms with E-state index in [9.17, 15) is 19.2 Å². The average molecular weight is 272 g/mol. The van der Waals surface area contributed by atoms with E-state index in [1.807, 2.05) is 0 Å². The van der Waals surface area contributed by atoms with Crippen LogP contribution >= 0.6 is 0 Å². The molecule has 0 saturated carbocycles. The molecule has 2 N–H and O–H groups in total. The Morgan fingerprint density at radius 1 is 0.947 bits per heavy atom. The molecule has 1 unspecified atom stereocenters. The average Bonchev–Trinajstić information content (AvgIpc) is 2.31. The van der Waals surface area contributed by atoms with Gasteiger partial charge in [0.25, 0.3) is 0 Å². The van der Waals surface area contributed by atoms with E-state index in [4.69, 9.17) is 10.2 Å². The summed E-state index contributed by atoms with van der Waals surface area (Å²) < 4.78 is 9.24. The summed E-state index contributed by atoms with van der Waals surface area (Å²) in [5.41, 5.74) is 0. The summed E-state index contributed by atoms with van der Waals surface area (Å²) >= 11 is 0. The van der Waals surface area contributed by atoms with Gasteiger partial charge in [0.1, 0.15) is 12.7 Å². The monoisotopic (exact) mass is 272 g/mol. The zero-order chi connectivity index (χ0) is 14.8. The molecule has 8 heteroatoms. The van der Waals surface area contributed by atoms with Crippen LogP contribution in [0.5, 0.6) is 0 Å². The second kappa shape index (κ2) is 8.45. The summed E-state index contributed by atoms with van der Waals surface area (Å²) in [5.74, 6) is -4.39. The molecule has 0 aromatic carbocycles. The van der Waals surface area contributed by atoms with Crippen LogP contribution in [0, 0.1) is 0 Å². The molecule has 1 atom stereocenters. The zero-order valence-corrected chi connectivity index (χ0v) is 9.94. The number of carbonyl (C=O) groups is 4. The summed E-state index contributed by atoms with van der Waals surface area (Å²) in [4.78, 5) is 42.2. The van der Waals surface area contributed by atoms with E-state index in [0.717, 1.165) is 0 Å². The normalized spacial score (nSPS) is 12.3. The first-order valence-electron chi connectivity index (χ1n) is 5.00. The van der Waals surface area contributed by atoms with Gasteiger partial charge < -0.3 is 19.7 Å². The summed E-state index contributed by atoms with van der Waals surface area (Å²) in [6.45, 7) is 1.14. The van der Waals surface area contributed by atoms with Crippen LogP contribution in [0.1, 0.15) is 6.92 Å². The highest BCUT2D eigenvalue weighted by molar-refractivity contribution is 5.91. The van der Waals surface area contributed by atoms with Crippen LogP contribution in [0.25, 0.3) is 0 Å². The van der Waals surface area contributed by atoms with Gasteiger partial charge in [-0.3, -0.25) is 0 Å². The van der Waals surface area contributed by atoms with E-state index in [0.29, 0.717) is 24.3 Å². The second-order valence-corrected chi connectivity index (χ2v) is 3.22. The highest BCUT2D eigenvalue weighted by Crippen LogP contribution is 1.95. The Balaban J connectivity index is 4.02. The number of hydrogen-bond donors (Lipinski definition) is 2. The molecular formula is C11H12O8. The minimum Gasteiger partial charge on any atom is -0.478 e. The maximum absolute atomic E-state index is 11.0. The molecule has 0 amide bonds. The molecule has 0 aliphatic rings. The number of ether oxygens (including phenoxy) is 2. The van der Waals surface area contributed by atoms with Crippen molar-refractivity contribution in [2.24, 2.45) is 0 Å². The van der Waals surface area contributed by atoms with Crippen LogP contribution in [0.2, 0.25) is 0 Å². The highest BCUT2D eigenvalue weighted by atomic mass is 16.6. The standard InChI is InChI=1S/C11H12O8/c1-7(19-11(17)5-3-9(14)15)6-18-10(16)4-2-8(12)13/h2-5,7H,6H2,1H3,(H,12,13)(H,14,15). The number of rotatable bonds is 7. The molecule has 0 aliphatic carbocycles. The van der Waals surface area contributed by atoms with E-state index >= 15 is 0 Å². The molecule has 0 bridgehead atoms. The van der Waals surface area contributed by atoms with Crippen molar-refractivity contribution < 1.29 is 38.9 Å². The van der Waals surface area contributed by atoms with Crippen LogP contribution in [0.4, 0.5) is 0 Å². The first-order chi connectivity index (χ1) is 8.81. The zero-order valence-electron chi connectivity index (χ0n) is 9.94. The van der Waals surface area contributed by atoms with Crippen LogP contribution in [-0.4, -0.2) is 46.8 Å². The van der Waals surface area contributed by atoms with Crippen molar-refractivity contribution in [2.75, 3.05) is 6.61 Å². The number of esters is 2. The van der Waals surface area contributed by atoms with Crippen molar-refractivity contribution in [1.82, 2.24) is 0 Å². The number of carboxylic acid groups (broad SMARTS) is 2. The number of carbonyl (C=O) groups excluding carboxylic acids is 2. The fourth-order valence-corrected chi connectivity index (χ4v) is 0.798. The predicted molar refractivity (Wildman–Crippen MR) is 60.1 cm³/mol. The third-order valence-electron chi connectivity index (χ3n) is 1.50. The van der Waals surface area contributed by atoms with Gasteiger partial charge in [0, 0.05) is 24.3 Å². The van der Waals surface area contributed by atoms with E-state index in [1.165, 1.54) is 6.92 Å². The molecule has 0 spiro atoms. The third-order valence-corrected chi connectivity index (χ3v) is 1.50. The van der Waals surface area contributed by atoms with Gasteiger partial charge in [-0.2, -0.15) is 0 Å². The lowest BCUT2D eigenvalue weighted by molar-refractivity contribution is -0.151. The Labute approximate surface area is 107 Å². The Hall–Kier alpha value is -2.64. The minimum absolute atomic E-state index is 0.282. The molecule has 0 aliphatic heterocycles. The molecule has 19 heavy (non-hydrogen) atoms. The summed E-state index contributed by atoms with van der Waals surface area (Å²) in [7, 11) is 0. The molecular weight excluding hydrogens is 260 g/mol. The number of hydrogen-bond acceptors (Lipinski definition) is 6. The van der Waals surface area contributed by atoms with Crippen molar-refractivity contribution in [3.8, 4) is 0 Å². The van der Waals surface area contributed by atoms with Crippen molar-refractivity contribution in [1.29, 1.82) is 0 Å². The largest absolute Gasteiger partial charge is 0.478 e. The van der Waals surface area contributed by atoms with Crippen molar-refractivity contribution in [2.45, 2.75) is 13.0 Å². The topological polar surface area (TPSA) is 127 Å². The maximum Gasteiger partial charge on any atom is 0.331 e. The number of aliphatic carboxylic acids is 2. The van der Waals surface area contributed by atoms with Gasteiger partial charge >= 0.3 is 23.9 Å². The molecule has 0 saturated heterocycles. The lowest BCUT2D eigenvalue weighted by Crippen LogP contribution is -2.21. The van der Waals surface area contributed by atoms with Gasteiger partial charge in [-0.05, 0) is 6.92 Å². The van der Waals surface area contributed by atoms with Crippen molar-refractivity contribution in [3.63, 3.8) is 0 Å². The van der Waals surface area contributed by atoms with Crippen LogP contribution in [0.15, 0.2) is 24.3 Å². The predicted octanol–water partition coefficient (Wildman–Crippen LogP) is -0.257. The first kappa shape index (κ1) is 16.4. The fourth-order valence-electron chi connectivity index (χ4n) is 0.798. The summed E-state index contributed by atoms with van der Waals surface area (Å²) in [6, 6.07) is 0. The van der Waals surface area contributed by atoms with E-state index in [-0.39, 0.29) is 6.61 Å². The molecule has 8 nitrogen and oxygen atoms in total. The molecule has 0 aromatic rings. The van der Waals surface area contributed by atoms with Gasteiger partial charge in [0.05, 0.1) is 0 Å². The van der Waals surface area contributed by atoms with Crippen LogP contribution < -0.4 is 0 Å². The van der Waals surface area contributed by atoms with Gasteiger partial charge in [-0.15, -0.1) is 0 Å². The van der Waals surface area contributed by atoms with Crippen LogP contribution in [-0.2, 0) is 28.7 Å². The van der Waals surface area contributed by atoms with Crippen LogP contribution in [0.3, 0.4) is 0 Å². The van der Waals surface area contributed by atoms with E-state index < -0.39 is 30.0 Å². The Bertz CT molecular complexity index is 420. The Morgan fingerprint density at radius 2 is 1.42 bits per heavy atom. The van der Waals surface area contributed by atoms with E-state index in [2.05, 4.69) is 9.47 Å². The first-order valence-corrected chi connectivity index (χ1v) is 5.00. The molecule has 0 aromatic heterocycles. The third kappa shape index (κ3) is 10.2. The molecule has 0 fully saturated rings. The Kier molecular flexibility index (Phi) is 7.28. The summed E-state index contributed by atoms with van der Waals surface area (Å²) in [6.07, 6.45) is 1.84. The maximum atomic E-state index is 11.0. The number of carboxylic acids is 2. The van der Waals surface area contributed by atoms with Gasteiger partial charge in [-0.1, -0.05) is 0 Å². The molecule has 0 radical (unpaired) electrons. The van der Waals surface area contributed by atoms with Gasteiger partial charge in [0.2, 0.25) is 0 Å². The molecule has 104 valence electrons. The molecule has 0 rings (SSSR count). The SMILES string of the molecule is CC(COC(=O)C=CC(=O)O)OC(=O)C=CC(=O)O. The van der Waals surface area contributed by atoms with Gasteiger partial charge in [-0.25, -0.2) is 19.2 Å². The lowest BCUT2D eigenvalue weighted by atomic mass is 10.4. The lowest BCUT2D eigenvalue weighted by Gasteiger charge is -2.11. The van der Waals surface area contributed by atoms with E-state index in [1.54, 1.807) is 0 Å². The minimum atomic E-state index is -1.30. The smallest absolute Gasteiger partial charge is 0.331 e. The van der Waals surface area contributed by atoms with Gasteiger partial charge in [0.15, 0.2) is 0 Å².